The standard InChI is InChI=1S/C21H23BrN2O3S/c22-17-8-10-18(11-9-17)24(28(26,27)19-4-2-1-3-5-19)14-21(25)23-20-13-15-6-7-16(20)12-15/h1-5,8-11,15-16,20H,6-7,12-14H2,(H,23,25)/t15-,16+,20-/m1/s1. The van der Waals surface area contributed by atoms with E-state index in [1.54, 1.807) is 54.6 Å². The van der Waals surface area contributed by atoms with Gasteiger partial charge in [-0.25, -0.2) is 8.42 Å². The maximum atomic E-state index is 13.3. The predicted octanol–water partition coefficient (Wildman–Crippen LogP) is 3.95. The monoisotopic (exact) mass is 462 g/mol. The molecule has 0 unspecified atom stereocenters. The van der Waals surface area contributed by atoms with Crippen LogP contribution in [-0.2, 0) is 14.8 Å². The molecule has 0 aromatic heterocycles. The van der Waals surface area contributed by atoms with E-state index in [0.29, 0.717) is 17.5 Å². The first-order chi connectivity index (χ1) is 13.4. The zero-order valence-corrected chi connectivity index (χ0v) is 17.8. The van der Waals surface area contributed by atoms with Crippen LogP contribution in [0, 0.1) is 11.8 Å². The molecule has 1 amide bonds. The van der Waals surface area contributed by atoms with Crippen LogP contribution in [0.15, 0.2) is 64.0 Å². The van der Waals surface area contributed by atoms with Crippen molar-refractivity contribution in [3.05, 3.63) is 59.1 Å². The van der Waals surface area contributed by atoms with E-state index in [4.69, 9.17) is 0 Å². The summed E-state index contributed by atoms with van der Waals surface area (Å²) >= 11 is 3.37. The molecule has 0 saturated heterocycles. The molecule has 2 fully saturated rings. The molecule has 7 heteroatoms. The van der Waals surface area contributed by atoms with Crippen molar-refractivity contribution < 1.29 is 13.2 Å². The number of anilines is 1. The van der Waals surface area contributed by atoms with E-state index in [9.17, 15) is 13.2 Å². The van der Waals surface area contributed by atoms with E-state index in [1.165, 1.54) is 17.1 Å². The highest BCUT2D eigenvalue weighted by Gasteiger charge is 2.40. The number of hydrogen-bond donors (Lipinski definition) is 1. The van der Waals surface area contributed by atoms with Crippen molar-refractivity contribution in [1.82, 2.24) is 5.32 Å². The summed E-state index contributed by atoms with van der Waals surface area (Å²) in [6, 6.07) is 15.4. The Bertz CT molecular complexity index is 947. The fourth-order valence-corrected chi connectivity index (χ4v) is 6.15. The molecule has 0 radical (unpaired) electrons. The summed E-state index contributed by atoms with van der Waals surface area (Å²) < 4.78 is 28.5. The van der Waals surface area contributed by atoms with E-state index in [2.05, 4.69) is 21.2 Å². The molecule has 2 bridgehead atoms. The Balaban J connectivity index is 1.58. The fourth-order valence-electron chi connectivity index (χ4n) is 4.45. The number of carbonyl (C=O) groups is 1. The van der Waals surface area contributed by atoms with Crippen LogP contribution in [0.5, 0.6) is 0 Å². The molecule has 2 aromatic rings. The highest BCUT2D eigenvalue weighted by Crippen LogP contribution is 2.44. The molecule has 148 valence electrons. The van der Waals surface area contributed by atoms with Crippen molar-refractivity contribution in [3.8, 4) is 0 Å². The largest absolute Gasteiger partial charge is 0.352 e. The summed E-state index contributed by atoms with van der Waals surface area (Å²) in [7, 11) is -3.85. The number of nitrogens with one attached hydrogen (secondary N) is 1. The smallest absolute Gasteiger partial charge is 0.264 e. The van der Waals surface area contributed by atoms with Gasteiger partial charge in [-0.3, -0.25) is 9.10 Å². The minimum absolute atomic E-state index is 0.172. The molecule has 1 N–H and O–H groups in total. The number of fused-ring (bicyclic) bond motifs is 2. The van der Waals surface area contributed by atoms with Gasteiger partial charge in [0, 0.05) is 10.5 Å². The molecule has 28 heavy (non-hydrogen) atoms. The van der Waals surface area contributed by atoms with Crippen LogP contribution in [0.2, 0.25) is 0 Å². The van der Waals surface area contributed by atoms with E-state index in [1.807, 2.05) is 0 Å². The van der Waals surface area contributed by atoms with Crippen molar-refractivity contribution in [1.29, 1.82) is 0 Å². The van der Waals surface area contributed by atoms with Gasteiger partial charge >= 0.3 is 0 Å². The van der Waals surface area contributed by atoms with Gasteiger partial charge in [-0.1, -0.05) is 40.5 Å². The fraction of sp³-hybridized carbons (Fsp3) is 0.381. The number of amides is 1. The Kier molecular flexibility index (Phi) is 5.47. The number of nitrogens with zero attached hydrogens (tertiary/aromatic N) is 1. The van der Waals surface area contributed by atoms with Crippen molar-refractivity contribution in [2.24, 2.45) is 11.8 Å². The molecule has 5 nitrogen and oxygen atoms in total. The molecule has 4 rings (SSSR count). The minimum Gasteiger partial charge on any atom is -0.352 e. The second-order valence-corrected chi connectivity index (χ2v) is 10.4. The van der Waals surface area contributed by atoms with Crippen LogP contribution in [0.3, 0.4) is 0 Å². The molecule has 3 atom stereocenters. The summed E-state index contributed by atoms with van der Waals surface area (Å²) in [6.45, 7) is -0.229. The van der Waals surface area contributed by atoms with Gasteiger partial charge in [0.15, 0.2) is 0 Å². The highest BCUT2D eigenvalue weighted by molar-refractivity contribution is 9.10. The molecular formula is C21H23BrN2O3S. The van der Waals surface area contributed by atoms with Crippen molar-refractivity contribution >= 4 is 37.5 Å². The van der Waals surface area contributed by atoms with E-state index in [0.717, 1.165) is 17.3 Å². The zero-order chi connectivity index (χ0) is 19.7. The molecular weight excluding hydrogens is 440 g/mol. The van der Waals surface area contributed by atoms with Gasteiger partial charge < -0.3 is 5.32 Å². The number of sulfonamides is 1. The van der Waals surface area contributed by atoms with Gasteiger partial charge in [0.05, 0.1) is 10.6 Å². The highest BCUT2D eigenvalue weighted by atomic mass is 79.9. The lowest BCUT2D eigenvalue weighted by atomic mass is 9.95. The van der Waals surface area contributed by atoms with E-state index in [-0.39, 0.29) is 23.4 Å². The summed E-state index contributed by atoms with van der Waals surface area (Å²) in [6.07, 6.45) is 4.61. The average Bonchev–Trinajstić information content (AvgIpc) is 3.31. The SMILES string of the molecule is O=C(CN(c1ccc(Br)cc1)S(=O)(=O)c1ccccc1)N[C@@H]1C[C@@H]2CC[C@H]1C2. The number of halogens is 1. The topological polar surface area (TPSA) is 66.5 Å². The molecule has 2 aromatic carbocycles. The van der Waals surface area contributed by atoms with Gasteiger partial charge in [0.1, 0.15) is 6.54 Å². The number of hydrogen-bond acceptors (Lipinski definition) is 3. The second-order valence-electron chi connectivity index (χ2n) is 7.65. The van der Waals surface area contributed by atoms with Gasteiger partial charge in [0.25, 0.3) is 10.0 Å². The second kappa shape index (κ2) is 7.87. The first-order valence-corrected chi connectivity index (χ1v) is 11.8. The first-order valence-electron chi connectivity index (χ1n) is 9.56. The molecule has 0 aliphatic heterocycles. The summed E-state index contributed by atoms with van der Waals surface area (Å²) in [5.41, 5.74) is 0.468. The van der Waals surface area contributed by atoms with Crippen LogP contribution in [0.4, 0.5) is 5.69 Å². The lowest BCUT2D eigenvalue weighted by Crippen LogP contribution is -2.45. The van der Waals surface area contributed by atoms with Crippen molar-refractivity contribution in [2.45, 2.75) is 36.6 Å². The molecule has 0 spiro atoms. The van der Waals surface area contributed by atoms with Crippen LogP contribution in [0.25, 0.3) is 0 Å². The average molecular weight is 463 g/mol. The Labute approximate surface area is 174 Å². The molecule has 2 saturated carbocycles. The number of benzene rings is 2. The Morgan fingerprint density at radius 3 is 2.36 bits per heavy atom. The van der Waals surface area contributed by atoms with Gasteiger partial charge in [-0.05, 0) is 67.5 Å². The maximum absolute atomic E-state index is 13.3. The number of rotatable bonds is 6. The molecule has 0 heterocycles. The first kappa shape index (κ1) is 19.5. The van der Waals surface area contributed by atoms with E-state index >= 15 is 0 Å². The van der Waals surface area contributed by atoms with Crippen molar-refractivity contribution in [2.75, 3.05) is 10.8 Å². The third-order valence-corrected chi connectivity index (χ3v) is 8.13. The van der Waals surface area contributed by atoms with Gasteiger partial charge in [0.2, 0.25) is 5.91 Å². The molecule has 2 aliphatic carbocycles. The Morgan fingerprint density at radius 1 is 1.04 bits per heavy atom. The lowest BCUT2D eigenvalue weighted by Gasteiger charge is -2.27. The van der Waals surface area contributed by atoms with Crippen LogP contribution >= 0.6 is 15.9 Å². The minimum atomic E-state index is -3.85. The number of carbonyl (C=O) groups excluding carboxylic acids is 1. The molecule has 2 aliphatic rings. The Morgan fingerprint density at radius 2 is 1.75 bits per heavy atom. The third-order valence-electron chi connectivity index (χ3n) is 5.82. The summed E-state index contributed by atoms with van der Waals surface area (Å²) in [4.78, 5) is 12.9. The van der Waals surface area contributed by atoms with Crippen LogP contribution < -0.4 is 9.62 Å². The predicted molar refractivity (Wildman–Crippen MR) is 112 cm³/mol. The van der Waals surface area contributed by atoms with Crippen LogP contribution in [0.1, 0.15) is 25.7 Å². The van der Waals surface area contributed by atoms with Crippen molar-refractivity contribution in [3.63, 3.8) is 0 Å². The lowest BCUT2D eigenvalue weighted by molar-refractivity contribution is -0.120. The maximum Gasteiger partial charge on any atom is 0.264 e. The van der Waals surface area contributed by atoms with E-state index < -0.39 is 10.0 Å². The van der Waals surface area contributed by atoms with Gasteiger partial charge in [-0.15, -0.1) is 0 Å². The van der Waals surface area contributed by atoms with Gasteiger partial charge in [-0.2, -0.15) is 0 Å². The normalized spacial score (nSPS) is 23.5. The summed E-state index contributed by atoms with van der Waals surface area (Å²) in [5, 5.41) is 3.09. The third kappa shape index (κ3) is 3.96. The Hall–Kier alpha value is -1.86. The summed E-state index contributed by atoms with van der Waals surface area (Å²) in [5.74, 6) is 1.01. The quantitative estimate of drug-likeness (QED) is 0.706. The van der Waals surface area contributed by atoms with Crippen LogP contribution in [-0.4, -0.2) is 26.9 Å². The zero-order valence-electron chi connectivity index (χ0n) is 15.4.